The van der Waals surface area contributed by atoms with Gasteiger partial charge in [-0.1, -0.05) is 18.2 Å². The molecule has 1 saturated heterocycles. The first-order valence-corrected chi connectivity index (χ1v) is 11.0. The van der Waals surface area contributed by atoms with Crippen LogP contribution >= 0.6 is 0 Å². The molecule has 0 unspecified atom stereocenters. The molecule has 2 bridgehead atoms. The number of phenolic OH excluding ortho intramolecular Hbond substituents is 1. The Hall–Kier alpha value is -3.03. The van der Waals surface area contributed by atoms with Gasteiger partial charge in [-0.2, -0.15) is 0 Å². The number of piperidine rings is 1. The lowest BCUT2D eigenvalue weighted by Crippen LogP contribution is -2.71. The number of phenols is 1. The molecule has 0 radical (unpaired) electrons. The number of nitrogens with zero attached hydrogens (tertiary/aromatic N) is 1. The van der Waals surface area contributed by atoms with Crippen molar-refractivity contribution >= 4 is 5.91 Å². The maximum Gasteiger partial charge on any atom is 0.253 e. The number of likely N-dealkylation sites (N-methyl/N-ethyl adjacent to an activating group) is 1. The smallest absolute Gasteiger partial charge is 0.253 e. The van der Waals surface area contributed by atoms with E-state index in [0.29, 0.717) is 17.1 Å². The molecule has 4 aliphatic rings. The van der Waals surface area contributed by atoms with E-state index in [-0.39, 0.29) is 17.7 Å². The summed E-state index contributed by atoms with van der Waals surface area (Å²) in [4.78, 5) is 15.5. The zero-order valence-corrected chi connectivity index (χ0v) is 18.0. The zero-order valence-electron chi connectivity index (χ0n) is 18.0. The second-order valence-corrected chi connectivity index (χ2v) is 9.38. The summed E-state index contributed by atoms with van der Waals surface area (Å²) in [6.45, 7) is 0.851. The summed E-state index contributed by atoms with van der Waals surface area (Å²) in [5.74, 6) is 0.779. The Balaban J connectivity index is 1.45. The second-order valence-electron chi connectivity index (χ2n) is 9.38. The minimum atomic E-state index is -1.73. The van der Waals surface area contributed by atoms with Gasteiger partial charge in [0.05, 0.1) is 12.5 Å². The van der Waals surface area contributed by atoms with Crippen LogP contribution in [0.25, 0.3) is 0 Å². The lowest BCUT2D eigenvalue weighted by Gasteiger charge is -2.58. The van der Waals surface area contributed by atoms with E-state index in [0.717, 1.165) is 30.5 Å². The molecule has 2 aliphatic carbocycles. The normalized spacial score (nSPS) is 33.9. The number of aliphatic hydroxyl groups is 1. The van der Waals surface area contributed by atoms with Gasteiger partial charge in [-0.3, -0.25) is 4.79 Å². The Bertz CT molecular complexity index is 1160. The first-order valence-electron chi connectivity index (χ1n) is 11.0. The van der Waals surface area contributed by atoms with E-state index >= 15 is 0 Å². The topological polar surface area (TPSA) is 91.3 Å². The first-order chi connectivity index (χ1) is 15.4. The molecule has 7 nitrogen and oxygen atoms in total. The molecular formula is C25H26N2O5. The van der Waals surface area contributed by atoms with E-state index < -0.39 is 23.2 Å². The lowest BCUT2D eigenvalue weighted by molar-refractivity contribution is -0.108. The van der Waals surface area contributed by atoms with E-state index in [1.54, 1.807) is 43.5 Å². The SMILES string of the molecule is COc1cccc(C(=O)N[C@]2(O)C=C[C@H]3[C@H]4Cc5[13cH]cc(O)c6c5[C@@]3(CCN4C)[C@H]2O6)c1. The average Bonchev–Trinajstić information content (AvgIpc) is 3.16. The van der Waals surface area contributed by atoms with Crippen LogP contribution in [0.15, 0.2) is 48.6 Å². The number of carbonyl (C=O) groups is 1. The third-order valence-corrected chi connectivity index (χ3v) is 7.88. The zero-order chi connectivity index (χ0) is 22.3. The summed E-state index contributed by atoms with van der Waals surface area (Å²) in [6, 6.07) is 10.7. The van der Waals surface area contributed by atoms with Gasteiger partial charge in [0, 0.05) is 23.1 Å². The summed E-state index contributed by atoms with van der Waals surface area (Å²) in [5.41, 5.74) is 0.288. The summed E-state index contributed by atoms with van der Waals surface area (Å²) < 4.78 is 11.6. The largest absolute Gasteiger partial charge is 0.504 e. The molecule has 7 heteroatoms. The fraction of sp³-hybridized carbons (Fsp3) is 0.400. The number of nitrogens with one attached hydrogen (secondary N) is 1. The van der Waals surface area contributed by atoms with Gasteiger partial charge in [-0.25, -0.2) is 0 Å². The highest BCUT2D eigenvalue weighted by Crippen LogP contribution is 2.63. The van der Waals surface area contributed by atoms with Crippen molar-refractivity contribution in [1.82, 2.24) is 10.2 Å². The molecule has 166 valence electrons. The van der Waals surface area contributed by atoms with Crippen LogP contribution < -0.4 is 14.8 Å². The van der Waals surface area contributed by atoms with Gasteiger partial charge >= 0.3 is 0 Å². The van der Waals surface area contributed by atoms with Crippen LogP contribution in [-0.2, 0) is 11.8 Å². The molecule has 1 spiro atoms. The van der Waals surface area contributed by atoms with Crippen LogP contribution in [0.2, 0.25) is 0 Å². The predicted molar refractivity (Wildman–Crippen MR) is 117 cm³/mol. The third kappa shape index (κ3) is 2.40. The number of benzene rings is 2. The quantitative estimate of drug-likeness (QED) is 0.505. The van der Waals surface area contributed by atoms with Crippen molar-refractivity contribution in [3.8, 4) is 17.2 Å². The molecule has 1 fully saturated rings. The van der Waals surface area contributed by atoms with Crippen molar-refractivity contribution in [3.63, 3.8) is 0 Å². The van der Waals surface area contributed by atoms with Crippen molar-refractivity contribution in [3.05, 3.63) is 65.2 Å². The fourth-order valence-electron chi connectivity index (χ4n) is 6.43. The molecule has 2 heterocycles. The summed E-state index contributed by atoms with van der Waals surface area (Å²) >= 11 is 0. The van der Waals surface area contributed by atoms with E-state index in [4.69, 9.17) is 9.47 Å². The highest BCUT2D eigenvalue weighted by molar-refractivity contribution is 5.95. The van der Waals surface area contributed by atoms with Gasteiger partial charge in [0.25, 0.3) is 5.91 Å². The number of likely N-dealkylation sites (tertiary alicyclic amines) is 1. The van der Waals surface area contributed by atoms with E-state index in [1.807, 2.05) is 12.1 Å². The van der Waals surface area contributed by atoms with Crippen molar-refractivity contribution in [2.75, 3.05) is 20.7 Å². The fourth-order valence-corrected chi connectivity index (χ4v) is 6.43. The molecule has 5 atom stereocenters. The van der Waals surface area contributed by atoms with Gasteiger partial charge in [-0.05, 0) is 62.3 Å². The summed E-state index contributed by atoms with van der Waals surface area (Å²) in [7, 11) is 3.68. The van der Waals surface area contributed by atoms with E-state index in [9.17, 15) is 15.0 Å². The minimum absolute atomic E-state index is 0.0742. The summed E-state index contributed by atoms with van der Waals surface area (Å²) in [6.07, 6.45) is 4.59. The lowest BCUT2D eigenvalue weighted by atomic mass is 9.53. The Morgan fingerprint density at radius 1 is 1.31 bits per heavy atom. The molecule has 1 amide bonds. The molecule has 6 rings (SSSR count). The number of methoxy groups -OCH3 is 1. The molecule has 3 N–H and O–H groups in total. The molecule has 0 saturated carbocycles. The number of hydrogen-bond donors (Lipinski definition) is 3. The monoisotopic (exact) mass is 435 g/mol. The molecule has 2 aromatic rings. The van der Waals surface area contributed by atoms with Crippen LogP contribution in [-0.4, -0.2) is 59.6 Å². The van der Waals surface area contributed by atoms with Crippen molar-refractivity contribution in [2.24, 2.45) is 5.92 Å². The number of rotatable bonds is 3. The van der Waals surface area contributed by atoms with Crippen LogP contribution in [0.5, 0.6) is 17.2 Å². The van der Waals surface area contributed by atoms with Crippen LogP contribution in [0, 0.1) is 5.92 Å². The molecule has 2 aromatic carbocycles. The van der Waals surface area contributed by atoms with Crippen molar-refractivity contribution in [2.45, 2.75) is 36.1 Å². The maximum absolute atomic E-state index is 13.1. The molecule has 32 heavy (non-hydrogen) atoms. The second kappa shape index (κ2) is 6.49. The summed E-state index contributed by atoms with van der Waals surface area (Å²) in [5, 5.41) is 25.2. The van der Waals surface area contributed by atoms with Crippen LogP contribution in [0.3, 0.4) is 0 Å². The number of ether oxygens (including phenoxy) is 2. The van der Waals surface area contributed by atoms with Crippen molar-refractivity contribution in [1.29, 1.82) is 0 Å². The number of hydrogen-bond acceptors (Lipinski definition) is 6. The number of carbonyl (C=O) groups excluding carboxylic acids is 1. The molecular weight excluding hydrogens is 409 g/mol. The van der Waals surface area contributed by atoms with Gasteiger partial charge in [0.1, 0.15) is 5.75 Å². The van der Waals surface area contributed by atoms with Crippen LogP contribution in [0.4, 0.5) is 0 Å². The van der Waals surface area contributed by atoms with Crippen molar-refractivity contribution < 1.29 is 24.5 Å². The Kier molecular flexibility index (Phi) is 3.99. The molecule has 0 aromatic heterocycles. The average molecular weight is 435 g/mol. The van der Waals surface area contributed by atoms with Crippen LogP contribution in [0.1, 0.15) is 27.9 Å². The van der Waals surface area contributed by atoms with Gasteiger partial charge in [-0.15, -0.1) is 0 Å². The highest BCUT2D eigenvalue weighted by Gasteiger charge is 2.68. The number of aromatic hydroxyl groups is 1. The Morgan fingerprint density at radius 2 is 2.16 bits per heavy atom. The highest BCUT2D eigenvalue weighted by atomic mass is 16.5. The predicted octanol–water partition coefficient (Wildman–Crippen LogP) is 1.96. The standard InChI is InChI=1S/C25H26N2O5/c1-27-11-10-24-17-8-9-25(30,26-22(29)15-4-3-5-16(12-15)31-2)23(24)32-21-19(28)7-6-14(20(21)24)13-18(17)27/h3-9,12,17-18,23,28,30H,10-11,13H2,1-2H3,(H,26,29)/t17-,18+,23+,24-,25-/m0/s1/i6+1. The first kappa shape index (κ1) is 19.6. The molecule has 2 aliphatic heterocycles. The third-order valence-electron chi connectivity index (χ3n) is 7.88. The van der Waals surface area contributed by atoms with E-state index in [2.05, 4.69) is 17.3 Å². The maximum atomic E-state index is 13.1. The minimum Gasteiger partial charge on any atom is -0.504 e. The Morgan fingerprint density at radius 3 is 2.97 bits per heavy atom. The van der Waals surface area contributed by atoms with Gasteiger partial charge < -0.3 is 29.9 Å². The van der Waals surface area contributed by atoms with Gasteiger partial charge in [0.15, 0.2) is 23.3 Å². The van der Waals surface area contributed by atoms with Gasteiger partial charge in [0.2, 0.25) is 0 Å². The number of amides is 1. The van der Waals surface area contributed by atoms with E-state index in [1.165, 1.54) is 0 Å². The Labute approximate surface area is 186 Å².